The van der Waals surface area contributed by atoms with Crippen molar-refractivity contribution in [2.24, 2.45) is 0 Å². The van der Waals surface area contributed by atoms with Crippen LogP contribution in [0, 0.1) is 0 Å². The van der Waals surface area contributed by atoms with Crippen molar-refractivity contribution in [1.29, 1.82) is 0 Å². The zero-order valence-corrected chi connectivity index (χ0v) is 9.59. The molecule has 0 aliphatic carbocycles. The number of allylic oxidation sites excluding steroid dienone is 1. The van der Waals surface area contributed by atoms with Gasteiger partial charge in [-0.05, 0) is 18.2 Å². The van der Waals surface area contributed by atoms with Gasteiger partial charge in [0, 0.05) is 0 Å². The third-order valence-electron chi connectivity index (χ3n) is 2.79. The second kappa shape index (κ2) is 5.84. The molecule has 0 aromatic carbocycles. The highest BCUT2D eigenvalue weighted by Gasteiger charge is 2.42. The summed E-state index contributed by atoms with van der Waals surface area (Å²) in [6.45, 7) is 2.18. The van der Waals surface area contributed by atoms with Crippen LogP contribution < -0.4 is 0 Å². The van der Waals surface area contributed by atoms with E-state index in [2.05, 4.69) is 6.92 Å². The Morgan fingerprint density at radius 3 is 2.64 bits per heavy atom. The summed E-state index contributed by atoms with van der Waals surface area (Å²) in [5.41, 5.74) is 0. The predicted octanol–water partition coefficient (Wildman–Crippen LogP) is 2.36. The summed E-state index contributed by atoms with van der Waals surface area (Å²) in [6, 6.07) is 0. The number of hydrogen-bond donors (Lipinski definition) is 2. The minimum Gasteiger partial charge on any atom is -0.426 e. The fourth-order valence-corrected chi connectivity index (χ4v) is 2.83. The van der Waals surface area contributed by atoms with Crippen LogP contribution in [0.4, 0.5) is 0 Å². The van der Waals surface area contributed by atoms with Crippen LogP contribution in [0.15, 0.2) is 11.5 Å². The van der Waals surface area contributed by atoms with Crippen molar-refractivity contribution in [3.05, 3.63) is 11.5 Å². The lowest BCUT2D eigenvalue weighted by molar-refractivity contribution is 0.368. The largest absolute Gasteiger partial charge is 0.469 e. The van der Waals surface area contributed by atoms with Gasteiger partial charge in [-0.1, -0.05) is 38.7 Å². The molecular formula is C10H19BO2S. The normalized spacial score (nSPS) is 25.6. The average Bonchev–Trinajstić information content (AvgIpc) is 2.62. The molecule has 0 fully saturated rings. The van der Waals surface area contributed by atoms with Gasteiger partial charge in [-0.3, -0.25) is 0 Å². The Morgan fingerprint density at radius 1 is 1.36 bits per heavy atom. The lowest BCUT2D eigenvalue weighted by atomic mass is 9.67. The van der Waals surface area contributed by atoms with Gasteiger partial charge in [0.05, 0.1) is 4.65 Å². The van der Waals surface area contributed by atoms with Crippen LogP contribution >= 0.6 is 11.8 Å². The molecule has 1 heterocycles. The number of hydrogen-bond acceptors (Lipinski definition) is 3. The molecule has 2 nitrogen and oxygen atoms in total. The summed E-state index contributed by atoms with van der Waals surface area (Å²) in [4.78, 5) is 0. The van der Waals surface area contributed by atoms with Crippen LogP contribution in [0.25, 0.3) is 0 Å². The van der Waals surface area contributed by atoms with Gasteiger partial charge < -0.3 is 10.0 Å². The molecule has 0 bridgehead atoms. The molecule has 1 aliphatic heterocycles. The van der Waals surface area contributed by atoms with Crippen molar-refractivity contribution in [3.8, 4) is 0 Å². The Morgan fingerprint density at radius 2 is 2.14 bits per heavy atom. The minimum atomic E-state index is -1.19. The van der Waals surface area contributed by atoms with E-state index in [1.165, 1.54) is 19.3 Å². The molecule has 1 rings (SSSR count). The Bertz CT molecular complexity index is 187. The van der Waals surface area contributed by atoms with Gasteiger partial charge in [0.25, 0.3) is 0 Å². The van der Waals surface area contributed by atoms with Crippen molar-refractivity contribution in [2.75, 3.05) is 0 Å². The molecule has 80 valence electrons. The molecule has 0 spiro atoms. The molecule has 2 N–H and O–H groups in total. The summed E-state index contributed by atoms with van der Waals surface area (Å²) >= 11 is 1.58. The summed E-state index contributed by atoms with van der Waals surface area (Å²) < 4.78 is -0.340. The maximum absolute atomic E-state index is 9.35. The Kier molecular flexibility index (Phi) is 5.06. The van der Waals surface area contributed by atoms with Crippen molar-refractivity contribution in [2.45, 2.75) is 50.1 Å². The highest BCUT2D eigenvalue weighted by Crippen LogP contribution is 2.41. The van der Waals surface area contributed by atoms with Crippen molar-refractivity contribution in [3.63, 3.8) is 0 Å². The molecule has 0 saturated heterocycles. The molecule has 4 heteroatoms. The maximum Gasteiger partial charge on any atom is 0.469 e. The SMILES string of the molecule is CCCCCCC1(B(O)O)CC=CS1. The van der Waals surface area contributed by atoms with E-state index in [1.54, 1.807) is 11.8 Å². The van der Waals surface area contributed by atoms with Crippen LogP contribution in [0.1, 0.15) is 45.4 Å². The van der Waals surface area contributed by atoms with Crippen molar-refractivity contribution >= 4 is 18.9 Å². The van der Waals surface area contributed by atoms with E-state index in [1.807, 2.05) is 11.5 Å². The molecule has 14 heavy (non-hydrogen) atoms. The highest BCUT2D eigenvalue weighted by atomic mass is 32.2. The van der Waals surface area contributed by atoms with E-state index >= 15 is 0 Å². The van der Waals surface area contributed by atoms with Gasteiger partial charge in [0.15, 0.2) is 0 Å². The molecule has 0 aromatic rings. The number of unbranched alkanes of at least 4 members (excludes halogenated alkanes) is 3. The first-order valence-corrected chi connectivity index (χ1v) is 6.28. The van der Waals surface area contributed by atoms with Crippen LogP contribution in [0.3, 0.4) is 0 Å². The fourth-order valence-electron chi connectivity index (χ4n) is 1.79. The third-order valence-corrected chi connectivity index (χ3v) is 4.17. The molecule has 1 unspecified atom stereocenters. The summed E-state index contributed by atoms with van der Waals surface area (Å²) in [5, 5.41) is 20.7. The Balaban J connectivity index is 2.30. The smallest absolute Gasteiger partial charge is 0.426 e. The molecule has 0 amide bonds. The lowest BCUT2D eigenvalue weighted by Crippen LogP contribution is -2.41. The second-order valence-electron chi connectivity index (χ2n) is 3.94. The lowest BCUT2D eigenvalue weighted by Gasteiger charge is -2.26. The molecular weight excluding hydrogens is 195 g/mol. The minimum absolute atomic E-state index is 0.340. The van der Waals surface area contributed by atoms with E-state index in [0.717, 1.165) is 19.3 Å². The highest BCUT2D eigenvalue weighted by molar-refractivity contribution is 8.05. The zero-order valence-electron chi connectivity index (χ0n) is 8.78. The molecule has 0 saturated carbocycles. The van der Waals surface area contributed by atoms with E-state index in [-0.39, 0.29) is 4.65 Å². The molecule has 1 atom stereocenters. The predicted molar refractivity (Wildman–Crippen MR) is 63.0 cm³/mol. The standard InChI is InChI=1S/C10H19BO2S/c1-2-3-4-5-7-10(11(12)13)8-6-9-14-10/h6,9,12-13H,2-5,7-8H2,1H3. The Labute approximate surface area is 90.9 Å². The number of thioether (sulfide) groups is 1. The first-order valence-electron chi connectivity index (χ1n) is 5.40. The van der Waals surface area contributed by atoms with Crippen LogP contribution in [-0.4, -0.2) is 21.8 Å². The summed E-state index contributed by atoms with van der Waals surface area (Å²) in [5.74, 6) is 0. The van der Waals surface area contributed by atoms with Gasteiger partial charge in [0.2, 0.25) is 0 Å². The van der Waals surface area contributed by atoms with Gasteiger partial charge in [-0.25, -0.2) is 0 Å². The van der Waals surface area contributed by atoms with Crippen LogP contribution in [-0.2, 0) is 0 Å². The number of rotatable bonds is 6. The third kappa shape index (κ3) is 3.04. The van der Waals surface area contributed by atoms with E-state index < -0.39 is 7.12 Å². The van der Waals surface area contributed by atoms with Gasteiger partial charge >= 0.3 is 7.12 Å². The monoisotopic (exact) mass is 214 g/mol. The second-order valence-corrected chi connectivity index (χ2v) is 5.26. The topological polar surface area (TPSA) is 40.5 Å². The summed E-state index contributed by atoms with van der Waals surface area (Å²) in [7, 11) is -1.19. The van der Waals surface area contributed by atoms with Crippen molar-refractivity contribution in [1.82, 2.24) is 0 Å². The average molecular weight is 214 g/mol. The molecule has 0 radical (unpaired) electrons. The first kappa shape index (κ1) is 12.1. The van der Waals surface area contributed by atoms with Crippen molar-refractivity contribution < 1.29 is 10.0 Å². The maximum atomic E-state index is 9.35. The van der Waals surface area contributed by atoms with Gasteiger partial charge in [-0.2, -0.15) is 0 Å². The van der Waals surface area contributed by atoms with Gasteiger partial charge in [0.1, 0.15) is 0 Å². The molecule has 0 aromatic heterocycles. The van der Waals surface area contributed by atoms with Gasteiger partial charge in [-0.15, -0.1) is 11.8 Å². The van der Waals surface area contributed by atoms with Crippen LogP contribution in [0.2, 0.25) is 0 Å². The van der Waals surface area contributed by atoms with E-state index in [9.17, 15) is 10.0 Å². The molecule has 1 aliphatic rings. The zero-order chi connectivity index (χ0) is 10.4. The first-order chi connectivity index (χ1) is 6.71. The van der Waals surface area contributed by atoms with Crippen LogP contribution in [0.5, 0.6) is 0 Å². The summed E-state index contributed by atoms with van der Waals surface area (Å²) in [6.07, 6.45) is 8.50. The van der Waals surface area contributed by atoms with E-state index in [0.29, 0.717) is 0 Å². The quantitative estimate of drug-likeness (QED) is 0.526. The Hall–Kier alpha value is 0.0749. The van der Waals surface area contributed by atoms with E-state index in [4.69, 9.17) is 0 Å². The fraction of sp³-hybridized carbons (Fsp3) is 0.800.